The molecule has 0 bridgehead atoms. The van der Waals surface area contributed by atoms with Crippen molar-refractivity contribution in [3.05, 3.63) is 58.1 Å². The van der Waals surface area contributed by atoms with Crippen molar-refractivity contribution in [2.24, 2.45) is 0 Å². The van der Waals surface area contributed by atoms with Gasteiger partial charge in [0.15, 0.2) is 0 Å². The fourth-order valence-electron chi connectivity index (χ4n) is 1.89. The van der Waals surface area contributed by atoms with Crippen LogP contribution in [0.5, 0.6) is 5.75 Å². The monoisotopic (exact) mass is 363 g/mol. The highest BCUT2D eigenvalue weighted by atomic mass is 79.9. The normalized spacial score (nSPS) is 10.1. The van der Waals surface area contributed by atoms with Crippen LogP contribution in [0, 0.1) is 0 Å². The number of aromatic carboxylic acids is 1. The first-order valence-corrected chi connectivity index (χ1v) is 7.37. The molecule has 0 heterocycles. The molecular formula is C16H14BrNO4. The lowest BCUT2D eigenvalue weighted by molar-refractivity contribution is 0.0696. The molecule has 22 heavy (non-hydrogen) atoms. The first kappa shape index (κ1) is 16.0. The number of halogens is 1. The van der Waals surface area contributed by atoms with Crippen molar-refractivity contribution in [3.63, 3.8) is 0 Å². The SMILES string of the molecule is CCOc1ccc(Br)cc1C(=O)Nc1cccc(C(=O)O)c1. The molecule has 2 aromatic rings. The Morgan fingerprint density at radius 2 is 2.00 bits per heavy atom. The maximum atomic E-state index is 12.4. The van der Waals surface area contributed by atoms with Crippen molar-refractivity contribution in [1.82, 2.24) is 0 Å². The molecule has 0 atom stereocenters. The number of rotatable bonds is 5. The first-order valence-electron chi connectivity index (χ1n) is 6.58. The van der Waals surface area contributed by atoms with E-state index < -0.39 is 5.97 Å². The van der Waals surface area contributed by atoms with Crippen molar-refractivity contribution in [2.45, 2.75) is 6.92 Å². The van der Waals surface area contributed by atoms with Crippen LogP contribution < -0.4 is 10.1 Å². The Bertz CT molecular complexity index is 715. The average molecular weight is 364 g/mol. The van der Waals surface area contributed by atoms with E-state index >= 15 is 0 Å². The van der Waals surface area contributed by atoms with Gasteiger partial charge in [-0.25, -0.2) is 4.79 Å². The zero-order valence-corrected chi connectivity index (χ0v) is 13.4. The van der Waals surface area contributed by atoms with E-state index in [-0.39, 0.29) is 11.5 Å². The lowest BCUT2D eigenvalue weighted by atomic mass is 10.1. The Kier molecular flexibility index (Phi) is 5.16. The van der Waals surface area contributed by atoms with E-state index in [1.807, 2.05) is 6.92 Å². The van der Waals surface area contributed by atoms with Crippen LogP contribution >= 0.6 is 15.9 Å². The van der Waals surface area contributed by atoms with E-state index in [0.717, 1.165) is 4.47 Å². The molecule has 6 heteroatoms. The van der Waals surface area contributed by atoms with Crippen molar-refractivity contribution in [3.8, 4) is 5.75 Å². The minimum absolute atomic E-state index is 0.108. The molecule has 2 rings (SSSR count). The van der Waals surface area contributed by atoms with Gasteiger partial charge in [-0.1, -0.05) is 22.0 Å². The molecule has 0 radical (unpaired) electrons. The van der Waals surface area contributed by atoms with Crippen molar-refractivity contribution < 1.29 is 19.4 Å². The topological polar surface area (TPSA) is 75.6 Å². The largest absolute Gasteiger partial charge is 0.493 e. The molecule has 0 aromatic heterocycles. The van der Waals surface area contributed by atoms with Crippen molar-refractivity contribution in [1.29, 1.82) is 0 Å². The highest BCUT2D eigenvalue weighted by Crippen LogP contribution is 2.24. The minimum atomic E-state index is -1.05. The van der Waals surface area contributed by atoms with Gasteiger partial charge in [-0.3, -0.25) is 4.79 Å². The van der Waals surface area contributed by atoms with Gasteiger partial charge in [-0.2, -0.15) is 0 Å². The van der Waals surface area contributed by atoms with Crippen LogP contribution in [0.25, 0.3) is 0 Å². The molecule has 1 amide bonds. The molecule has 0 saturated heterocycles. The number of amides is 1. The number of nitrogens with one attached hydrogen (secondary N) is 1. The van der Waals surface area contributed by atoms with E-state index in [2.05, 4.69) is 21.2 Å². The summed E-state index contributed by atoms with van der Waals surface area (Å²) < 4.78 is 6.19. The van der Waals surface area contributed by atoms with Gasteiger partial charge in [0, 0.05) is 10.2 Å². The number of carbonyl (C=O) groups is 2. The number of hydrogen-bond acceptors (Lipinski definition) is 3. The third-order valence-electron chi connectivity index (χ3n) is 2.85. The minimum Gasteiger partial charge on any atom is -0.493 e. The standard InChI is InChI=1S/C16H14BrNO4/c1-2-22-14-7-6-11(17)9-13(14)15(19)18-12-5-3-4-10(8-12)16(20)21/h3-9H,2H2,1H3,(H,18,19)(H,20,21). The number of carboxylic acid groups (broad SMARTS) is 1. The second kappa shape index (κ2) is 7.09. The zero-order valence-electron chi connectivity index (χ0n) is 11.8. The van der Waals surface area contributed by atoms with E-state index in [1.165, 1.54) is 12.1 Å². The van der Waals surface area contributed by atoms with Gasteiger partial charge < -0.3 is 15.2 Å². The van der Waals surface area contributed by atoms with Crippen LogP contribution in [0.15, 0.2) is 46.9 Å². The summed E-state index contributed by atoms with van der Waals surface area (Å²) in [5.74, 6) is -0.946. The third kappa shape index (κ3) is 3.85. The smallest absolute Gasteiger partial charge is 0.335 e. The predicted molar refractivity (Wildman–Crippen MR) is 86.7 cm³/mol. The van der Waals surface area contributed by atoms with Gasteiger partial charge in [0.05, 0.1) is 17.7 Å². The number of anilines is 1. The van der Waals surface area contributed by atoms with Crippen LogP contribution in [-0.4, -0.2) is 23.6 Å². The maximum absolute atomic E-state index is 12.4. The molecule has 0 fully saturated rings. The molecular weight excluding hydrogens is 350 g/mol. The molecule has 0 spiro atoms. The Hall–Kier alpha value is -2.34. The average Bonchev–Trinajstić information content (AvgIpc) is 2.49. The molecule has 0 saturated carbocycles. The number of benzene rings is 2. The number of carbonyl (C=O) groups excluding carboxylic acids is 1. The molecule has 2 N–H and O–H groups in total. The third-order valence-corrected chi connectivity index (χ3v) is 3.35. The van der Waals surface area contributed by atoms with Crippen molar-refractivity contribution >= 4 is 33.5 Å². The summed E-state index contributed by atoms with van der Waals surface area (Å²) in [5, 5.41) is 11.6. The van der Waals surface area contributed by atoms with Gasteiger partial charge >= 0.3 is 5.97 Å². The van der Waals surface area contributed by atoms with E-state index in [4.69, 9.17) is 9.84 Å². The number of carboxylic acids is 1. The van der Waals surface area contributed by atoms with Crippen molar-refractivity contribution in [2.75, 3.05) is 11.9 Å². The fourth-order valence-corrected chi connectivity index (χ4v) is 2.25. The van der Waals surface area contributed by atoms with Gasteiger partial charge in [0.1, 0.15) is 5.75 Å². The lowest BCUT2D eigenvalue weighted by Crippen LogP contribution is -2.14. The molecule has 2 aromatic carbocycles. The quantitative estimate of drug-likeness (QED) is 0.846. The predicted octanol–water partition coefficient (Wildman–Crippen LogP) is 3.80. The molecule has 114 valence electrons. The van der Waals surface area contributed by atoms with E-state index in [1.54, 1.807) is 30.3 Å². The number of ether oxygens (including phenoxy) is 1. The van der Waals surface area contributed by atoms with E-state index in [0.29, 0.717) is 23.6 Å². The van der Waals surface area contributed by atoms with Gasteiger partial charge in [-0.05, 0) is 43.3 Å². The van der Waals surface area contributed by atoms with E-state index in [9.17, 15) is 9.59 Å². The maximum Gasteiger partial charge on any atom is 0.335 e. The van der Waals surface area contributed by atoms with Crippen LogP contribution in [0.2, 0.25) is 0 Å². The summed E-state index contributed by atoms with van der Waals surface area (Å²) in [6, 6.07) is 11.2. The number of hydrogen-bond donors (Lipinski definition) is 2. The Morgan fingerprint density at radius 1 is 1.23 bits per heavy atom. The summed E-state index contributed by atoms with van der Waals surface area (Å²) in [6.45, 7) is 2.27. The summed E-state index contributed by atoms with van der Waals surface area (Å²) in [4.78, 5) is 23.3. The first-order chi connectivity index (χ1) is 10.5. The van der Waals surface area contributed by atoms with Crippen LogP contribution in [0.3, 0.4) is 0 Å². The Balaban J connectivity index is 2.27. The highest BCUT2D eigenvalue weighted by molar-refractivity contribution is 9.10. The van der Waals surface area contributed by atoms with Crippen LogP contribution in [0.4, 0.5) is 5.69 Å². The van der Waals surface area contributed by atoms with Gasteiger partial charge in [0.25, 0.3) is 5.91 Å². The lowest BCUT2D eigenvalue weighted by Gasteiger charge is -2.11. The van der Waals surface area contributed by atoms with Crippen LogP contribution in [-0.2, 0) is 0 Å². The molecule has 0 aliphatic rings. The molecule has 0 aliphatic carbocycles. The summed E-state index contributed by atoms with van der Waals surface area (Å²) in [6.07, 6.45) is 0. The summed E-state index contributed by atoms with van der Waals surface area (Å²) >= 11 is 3.32. The Labute approximate surface area is 136 Å². The fraction of sp³-hybridized carbons (Fsp3) is 0.125. The highest BCUT2D eigenvalue weighted by Gasteiger charge is 2.14. The molecule has 5 nitrogen and oxygen atoms in total. The zero-order chi connectivity index (χ0) is 16.1. The Morgan fingerprint density at radius 3 is 2.68 bits per heavy atom. The second-order valence-corrected chi connectivity index (χ2v) is 5.33. The molecule has 0 unspecified atom stereocenters. The summed E-state index contributed by atoms with van der Waals surface area (Å²) in [5.41, 5.74) is 0.890. The summed E-state index contributed by atoms with van der Waals surface area (Å²) in [7, 11) is 0. The van der Waals surface area contributed by atoms with Crippen LogP contribution in [0.1, 0.15) is 27.6 Å². The van der Waals surface area contributed by atoms with Gasteiger partial charge in [-0.15, -0.1) is 0 Å². The second-order valence-electron chi connectivity index (χ2n) is 4.41. The molecule has 0 aliphatic heterocycles. The van der Waals surface area contributed by atoms with Gasteiger partial charge in [0.2, 0.25) is 0 Å².